The van der Waals surface area contributed by atoms with Crippen molar-refractivity contribution in [2.45, 2.75) is 51.5 Å². The summed E-state index contributed by atoms with van der Waals surface area (Å²) in [7, 11) is -2.58. The molecule has 1 fully saturated rings. The van der Waals surface area contributed by atoms with Gasteiger partial charge in [-0.15, -0.1) is 3.82 Å². The second-order valence-electron chi connectivity index (χ2n) is 9.77. The van der Waals surface area contributed by atoms with E-state index in [1.165, 1.54) is 7.11 Å². The van der Waals surface area contributed by atoms with Crippen molar-refractivity contribution in [3.05, 3.63) is 41.6 Å². The number of sulfonamides is 1. The maximum atomic E-state index is 13.1. The number of rotatable bonds is 13. The second-order valence-corrected chi connectivity index (χ2v) is 12.2. The molecule has 216 valence electrons. The van der Waals surface area contributed by atoms with Crippen LogP contribution in [0.5, 0.6) is 5.75 Å². The van der Waals surface area contributed by atoms with Gasteiger partial charge in [0, 0.05) is 39.1 Å². The third-order valence-electron chi connectivity index (χ3n) is 7.20. The number of pyridine rings is 1. The van der Waals surface area contributed by atoms with Gasteiger partial charge in [0.2, 0.25) is 5.91 Å². The lowest BCUT2D eigenvalue weighted by atomic mass is 9.96. The summed E-state index contributed by atoms with van der Waals surface area (Å²) < 4.78 is 32.2. The van der Waals surface area contributed by atoms with E-state index in [0.29, 0.717) is 32.3 Å². The molecule has 12 heteroatoms. The molecule has 1 aliphatic rings. The van der Waals surface area contributed by atoms with Crippen LogP contribution in [-0.2, 0) is 21.4 Å². The highest BCUT2D eigenvalue weighted by Gasteiger charge is 2.28. The van der Waals surface area contributed by atoms with Gasteiger partial charge < -0.3 is 25.6 Å². The van der Waals surface area contributed by atoms with Crippen LogP contribution in [0.4, 0.5) is 11.5 Å². The van der Waals surface area contributed by atoms with E-state index in [1.807, 2.05) is 12.1 Å². The number of halogens is 1. The van der Waals surface area contributed by atoms with Gasteiger partial charge in [-0.3, -0.25) is 4.79 Å². The number of nitrogens with two attached hydrogens (primary N) is 1. The lowest BCUT2D eigenvalue weighted by Crippen LogP contribution is -2.39. The summed E-state index contributed by atoms with van der Waals surface area (Å²) in [6.45, 7) is 11.1. The van der Waals surface area contributed by atoms with Crippen LogP contribution in [0, 0.1) is 12.8 Å². The van der Waals surface area contributed by atoms with E-state index in [0.717, 1.165) is 51.4 Å². The van der Waals surface area contributed by atoms with Crippen molar-refractivity contribution in [2.75, 3.05) is 56.6 Å². The highest BCUT2D eigenvalue weighted by Crippen LogP contribution is 2.30. The highest BCUT2D eigenvalue weighted by atomic mass is 35.5. The van der Waals surface area contributed by atoms with Gasteiger partial charge in [-0.25, -0.2) is 13.4 Å². The largest absolute Gasteiger partial charge is 0.497 e. The summed E-state index contributed by atoms with van der Waals surface area (Å²) in [5.41, 5.74) is 7.18. The molecule has 3 N–H and O–H groups in total. The van der Waals surface area contributed by atoms with Crippen molar-refractivity contribution >= 4 is 39.2 Å². The number of aryl methyl sites for hydroxylation is 1. The molecule has 0 spiro atoms. The first-order valence-electron chi connectivity index (χ1n) is 13.4. The molecule has 1 amide bonds. The Balaban J connectivity index is 1.52. The molecule has 1 aromatic heterocycles. The van der Waals surface area contributed by atoms with E-state index in [9.17, 15) is 13.2 Å². The van der Waals surface area contributed by atoms with Crippen LogP contribution in [0.3, 0.4) is 0 Å². The number of hydrogen-bond donors (Lipinski definition) is 2. The monoisotopic (exact) mass is 580 g/mol. The molecule has 1 saturated heterocycles. The molecule has 39 heavy (non-hydrogen) atoms. The third kappa shape index (κ3) is 8.04. The number of methoxy groups -OCH3 is 1. The average molecular weight is 581 g/mol. The minimum Gasteiger partial charge on any atom is -0.497 e. The van der Waals surface area contributed by atoms with E-state index in [-0.39, 0.29) is 30.3 Å². The first-order chi connectivity index (χ1) is 18.6. The Kier molecular flexibility index (Phi) is 11.4. The topological polar surface area (TPSA) is 121 Å². The quantitative estimate of drug-likeness (QED) is 0.345. The molecule has 3 rings (SSSR count). The maximum Gasteiger partial charge on any atom is 0.257 e. The molecule has 10 nitrogen and oxygen atoms in total. The van der Waals surface area contributed by atoms with Gasteiger partial charge in [-0.2, -0.15) is 0 Å². The van der Waals surface area contributed by atoms with Crippen molar-refractivity contribution in [3.63, 3.8) is 0 Å². The summed E-state index contributed by atoms with van der Waals surface area (Å²) in [6, 6.07) is 6.89. The van der Waals surface area contributed by atoms with Crippen molar-refractivity contribution in [1.29, 1.82) is 0 Å². The molecule has 0 saturated carbocycles. The number of anilines is 2. The van der Waals surface area contributed by atoms with Crippen LogP contribution < -0.4 is 20.7 Å². The Morgan fingerprint density at radius 1 is 1.23 bits per heavy atom. The number of ether oxygens (including phenoxy) is 1. The summed E-state index contributed by atoms with van der Waals surface area (Å²) in [4.78, 5) is 21.9. The number of aromatic nitrogens is 1. The fraction of sp³-hybridized carbons (Fsp3) is 0.556. The normalized spacial score (nSPS) is 14.7. The van der Waals surface area contributed by atoms with Crippen LogP contribution in [0.1, 0.15) is 44.2 Å². The molecular weight excluding hydrogens is 540 g/mol. The van der Waals surface area contributed by atoms with Crippen LogP contribution in [0.25, 0.3) is 0 Å². The number of nitrogens with zero attached hydrogens (tertiary/aromatic N) is 4. The van der Waals surface area contributed by atoms with E-state index < -0.39 is 10.0 Å². The number of hydrogen-bond acceptors (Lipinski definition) is 8. The van der Waals surface area contributed by atoms with Crippen LogP contribution >= 0.6 is 11.8 Å². The van der Waals surface area contributed by atoms with Gasteiger partial charge in [-0.1, -0.05) is 13.8 Å². The van der Waals surface area contributed by atoms with E-state index >= 15 is 0 Å². The van der Waals surface area contributed by atoms with Gasteiger partial charge in [0.15, 0.2) is 0 Å². The van der Waals surface area contributed by atoms with Gasteiger partial charge in [0.25, 0.3) is 10.0 Å². The standard InChI is InChI=1S/C27H41ClN6O4S/c1-5-32(6-2)19-21-9-12-33(13-10-21)25-8-7-23(18-30-25)31-26(35)11-14-34(28)39(36,37)27-20(3)15-24(38-4)16-22(27)17-29/h7-8,15-16,18,21H,5-6,9-14,17,19,29H2,1-4H3,(H,31,35). The number of amides is 1. The number of carbonyl (C=O) groups excluding carboxylic acids is 1. The summed E-state index contributed by atoms with van der Waals surface area (Å²) in [5, 5.41) is 2.77. The van der Waals surface area contributed by atoms with Gasteiger partial charge >= 0.3 is 0 Å². The van der Waals surface area contributed by atoms with E-state index in [1.54, 1.807) is 25.3 Å². The molecule has 1 aromatic carbocycles. The number of piperidine rings is 1. The minimum absolute atomic E-state index is 0.00482. The van der Waals surface area contributed by atoms with Crippen molar-refractivity contribution in [1.82, 2.24) is 13.7 Å². The van der Waals surface area contributed by atoms with Crippen LogP contribution in [0.2, 0.25) is 0 Å². The van der Waals surface area contributed by atoms with Crippen LogP contribution in [0.15, 0.2) is 35.4 Å². The maximum absolute atomic E-state index is 13.1. The van der Waals surface area contributed by atoms with Crippen molar-refractivity contribution < 1.29 is 17.9 Å². The Bertz CT molecular complexity index is 1200. The molecular formula is C27H41ClN6O4S. The van der Waals surface area contributed by atoms with Crippen molar-refractivity contribution in [2.24, 2.45) is 11.7 Å². The predicted molar refractivity (Wildman–Crippen MR) is 156 cm³/mol. The van der Waals surface area contributed by atoms with E-state index in [2.05, 4.69) is 33.9 Å². The molecule has 0 bridgehead atoms. The first kappa shape index (κ1) is 31.1. The van der Waals surface area contributed by atoms with Gasteiger partial charge in [0.05, 0.1) is 23.9 Å². The molecule has 2 heterocycles. The number of benzene rings is 1. The number of carbonyl (C=O) groups is 1. The number of nitrogens with one attached hydrogen (secondary N) is 1. The smallest absolute Gasteiger partial charge is 0.257 e. The average Bonchev–Trinajstić information content (AvgIpc) is 2.94. The first-order valence-corrected chi connectivity index (χ1v) is 15.2. The van der Waals surface area contributed by atoms with Crippen molar-refractivity contribution in [3.8, 4) is 5.75 Å². The lowest BCUT2D eigenvalue weighted by Gasteiger charge is -2.35. The Morgan fingerprint density at radius 2 is 1.92 bits per heavy atom. The van der Waals surface area contributed by atoms with Crippen LogP contribution in [-0.4, -0.2) is 74.4 Å². The Morgan fingerprint density at radius 3 is 2.49 bits per heavy atom. The Labute approximate surface area is 237 Å². The minimum atomic E-state index is -4.08. The molecule has 0 atom stereocenters. The SMILES string of the molecule is CCN(CC)CC1CCN(c2ccc(NC(=O)CCN(Cl)S(=O)(=O)c3c(C)cc(OC)cc3CN)cn2)CC1. The van der Waals surface area contributed by atoms with Gasteiger partial charge in [-0.05, 0) is 85.9 Å². The van der Waals surface area contributed by atoms with Gasteiger partial charge in [0.1, 0.15) is 11.6 Å². The summed E-state index contributed by atoms with van der Waals surface area (Å²) in [5.74, 6) is 1.73. The highest BCUT2D eigenvalue weighted by molar-refractivity contribution is 7.90. The molecule has 0 unspecified atom stereocenters. The zero-order chi connectivity index (χ0) is 28.6. The zero-order valence-electron chi connectivity index (χ0n) is 23.3. The summed E-state index contributed by atoms with van der Waals surface area (Å²) in [6.07, 6.45) is 3.77. The Hall–Kier alpha value is -2.44. The molecule has 0 aliphatic carbocycles. The lowest BCUT2D eigenvalue weighted by molar-refractivity contribution is -0.116. The molecule has 1 aliphatic heterocycles. The zero-order valence-corrected chi connectivity index (χ0v) is 24.9. The summed E-state index contributed by atoms with van der Waals surface area (Å²) >= 11 is 6.16. The fourth-order valence-electron chi connectivity index (χ4n) is 4.92. The third-order valence-corrected chi connectivity index (χ3v) is 9.71. The van der Waals surface area contributed by atoms with E-state index in [4.69, 9.17) is 22.2 Å². The fourth-order valence-corrected chi connectivity index (χ4v) is 6.68. The molecule has 2 aromatic rings. The second kappa shape index (κ2) is 14.3. The molecule has 0 radical (unpaired) electrons. The predicted octanol–water partition coefficient (Wildman–Crippen LogP) is 3.59.